The fourth-order valence-electron chi connectivity index (χ4n) is 0.998. The molecule has 0 N–H and O–H groups in total. The van der Waals surface area contributed by atoms with Crippen molar-refractivity contribution >= 4 is 11.4 Å². The number of aliphatic imine (C=N–C) groups is 2. The molecule has 0 heterocycles. The van der Waals surface area contributed by atoms with Gasteiger partial charge in [0.1, 0.15) is 12.1 Å². The second kappa shape index (κ2) is 8.66. The normalized spacial score (nSPS) is 16.5. The zero-order chi connectivity index (χ0) is 13.3. The fraction of sp³-hybridized carbons (Fsp3) is 0.818. The van der Waals surface area contributed by atoms with Crippen LogP contribution in [0.2, 0.25) is 0 Å². The molecule has 0 radical (unpaired) electrons. The van der Waals surface area contributed by atoms with Crippen LogP contribution in [0.15, 0.2) is 20.3 Å². The van der Waals surface area contributed by atoms with E-state index in [1.165, 1.54) is 0 Å². The predicted octanol–water partition coefficient (Wildman–Crippen LogP) is 2.61. The van der Waals surface area contributed by atoms with E-state index in [4.69, 9.17) is 0 Å². The summed E-state index contributed by atoms with van der Waals surface area (Å²) in [4.78, 5) is 28.9. The minimum Gasteiger partial charge on any atom is -0.292 e. The van der Waals surface area contributed by atoms with Gasteiger partial charge in [0.2, 0.25) is 0 Å². The summed E-state index contributed by atoms with van der Waals surface area (Å²) >= 11 is 0. The molecule has 0 aliphatic carbocycles. The summed E-state index contributed by atoms with van der Waals surface area (Å²) < 4.78 is 0. The lowest BCUT2D eigenvalue weighted by Gasteiger charge is -2.03. The highest BCUT2D eigenvalue weighted by Gasteiger charge is 2.04. The van der Waals surface area contributed by atoms with Crippen LogP contribution in [-0.4, -0.2) is 36.6 Å². The largest absolute Gasteiger partial charge is 0.292 e. The van der Waals surface area contributed by atoms with Gasteiger partial charge in [-0.1, -0.05) is 10.4 Å². The van der Waals surface area contributed by atoms with Gasteiger partial charge in [-0.2, -0.15) is 9.81 Å². The Kier molecular flexibility index (Phi) is 7.92. The molecule has 6 nitrogen and oxygen atoms in total. The van der Waals surface area contributed by atoms with Gasteiger partial charge in [-0.25, -0.2) is 0 Å². The maximum Gasteiger partial charge on any atom is 0.126 e. The van der Waals surface area contributed by atoms with Crippen molar-refractivity contribution in [2.24, 2.45) is 20.3 Å². The molecule has 0 bridgehead atoms. The summed E-state index contributed by atoms with van der Waals surface area (Å²) in [5, 5.41) is 5.79. The highest BCUT2D eigenvalue weighted by Crippen LogP contribution is 1.96. The van der Waals surface area contributed by atoms with Crippen molar-refractivity contribution in [3.05, 3.63) is 9.81 Å². The summed E-state index contributed by atoms with van der Waals surface area (Å²) in [5.41, 5.74) is 1.48. The third-order valence-electron chi connectivity index (χ3n) is 2.56. The van der Waals surface area contributed by atoms with E-state index in [1.54, 1.807) is 27.7 Å². The van der Waals surface area contributed by atoms with Crippen LogP contribution in [0.3, 0.4) is 0 Å². The van der Waals surface area contributed by atoms with Crippen LogP contribution in [0.5, 0.6) is 0 Å². The predicted molar refractivity (Wildman–Crippen MR) is 71.1 cm³/mol. The van der Waals surface area contributed by atoms with E-state index in [1.807, 2.05) is 0 Å². The molecule has 0 saturated heterocycles. The van der Waals surface area contributed by atoms with Crippen LogP contribution in [0.25, 0.3) is 0 Å². The van der Waals surface area contributed by atoms with Crippen molar-refractivity contribution in [1.82, 2.24) is 0 Å². The maximum atomic E-state index is 10.2. The van der Waals surface area contributed by atoms with Gasteiger partial charge in [0.05, 0.1) is 0 Å². The first-order valence-corrected chi connectivity index (χ1v) is 5.69. The van der Waals surface area contributed by atoms with Crippen LogP contribution in [-0.2, 0) is 0 Å². The molecule has 96 valence electrons. The number of hydrogen-bond acceptors (Lipinski definition) is 6. The molecule has 0 amide bonds. The third kappa shape index (κ3) is 6.65. The molecule has 0 aliphatic rings. The summed E-state index contributed by atoms with van der Waals surface area (Å²) in [7, 11) is 0. The maximum absolute atomic E-state index is 10.2. The molecule has 2 unspecified atom stereocenters. The molecule has 0 fully saturated rings. The average molecular weight is 240 g/mol. The van der Waals surface area contributed by atoms with Gasteiger partial charge in [0.25, 0.3) is 0 Å². The van der Waals surface area contributed by atoms with Crippen LogP contribution >= 0.6 is 0 Å². The first kappa shape index (κ1) is 15.5. The zero-order valence-electron chi connectivity index (χ0n) is 10.9. The second-order valence-corrected chi connectivity index (χ2v) is 3.96. The highest BCUT2D eigenvalue weighted by molar-refractivity contribution is 5.87. The second-order valence-electron chi connectivity index (χ2n) is 3.96. The van der Waals surface area contributed by atoms with Crippen molar-refractivity contribution in [2.45, 2.75) is 46.2 Å². The molecule has 0 spiro atoms. The van der Waals surface area contributed by atoms with E-state index in [0.29, 0.717) is 13.1 Å². The van der Waals surface area contributed by atoms with Gasteiger partial charge in [-0.05, 0) is 34.1 Å². The fourth-order valence-corrected chi connectivity index (χ4v) is 0.998. The van der Waals surface area contributed by atoms with E-state index in [0.717, 1.165) is 17.8 Å². The van der Waals surface area contributed by atoms with Crippen molar-refractivity contribution in [3.63, 3.8) is 0 Å². The minimum absolute atomic E-state index is 0.362. The molecule has 6 heteroatoms. The van der Waals surface area contributed by atoms with Gasteiger partial charge < -0.3 is 0 Å². The third-order valence-corrected chi connectivity index (χ3v) is 2.56. The Morgan fingerprint density at radius 3 is 1.53 bits per heavy atom. The van der Waals surface area contributed by atoms with Crippen LogP contribution < -0.4 is 0 Å². The van der Waals surface area contributed by atoms with Crippen LogP contribution in [0.4, 0.5) is 0 Å². The number of nitrogens with zero attached hydrogens (tertiary/aromatic N) is 4. The Hall–Kier alpha value is -1.46. The Labute approximate surface area is 102 Å². The van der Waals surface area contributed by atoms with Crippen LogP contribution in [0, 0.1) is 9.81 Å². The standard InChI is InChI=1S/C11H20N4O2/c1-8(10(3)14-16)12-6-5-7-13-9(2)11(4)15-17/h10-11H,5-7H2,1-4H3. The lowest BCUT2D eigenvalue weighted by atomic mass is 10.2. The molecule has 0 aromatic carbocycles. The average Bonchev–Trinajstić information content (AvgIpc) is 2.35. The Balaban J connectivity index is 3.93. The van der Waals surface area contributed by atoms with E-state index in [2.05, 4.69) is 20.3 Å². The Bertz CT molecular complexity index is 283. The molecule has 2 atom stereocenters. The molecule has 0 aromatic rings. The van der Waals surface area contributed by atoms with Crippen molar-refractivity contribution in [3.8, 4) is 0 Å². The highest BCUT2D eigenvalue weighted by atomic mass is 16.3. The molecule has 0 aromatic heterocycles. The van der Waals surface area contributed by atoms with Gasteiger partial charge in [-0.3, -0.25) is 9.98 Å². The molecule has 0 rings (SSSR count). The lowest BCUT2D eigenvalue weighted by Crippen LogP contribution is -2.11. The van der Waals surface area contributed by atoms with Gasteiger partial charge >= 0.3 is 0 Å². The Morgan fingerprint density at radius 2 is 1.24 bits per heavy atom. The SMILES string of the molecule is CC(=NCCCN=C(C)C(C)N=O)C(C)N=O. The van der Waals surface area contributed by atoms with E-state index in [-0.39, 0.29) is 12.1 Å². The number of hydrogen-bond donors (Lipinski definition) is 0. The summed E-state index contributed by atoms with van der Waals surface area (Å²) in [6, 6.07) is -0.723. The topological polar surface area (TPSA) is 83.6 Å². The Morgan fingerprint density at radius 1 is 0.882 bits per heavy atom. The van der Waals surface area contributed by atoms with E-state index < -0.39 is 0 Å². The zero-order valence-corrected chi connectivity index (χ0v) is 10.9. The molecular formula is C11H20N4O2. The summed E-state index contributed by atoms with van der Waals surface area (Å²) in [6.45, 7) is 8.24. The number of nitroso groups, excluding NO2 is 2. The van der Waals surface area contributed by atoms with Gasteiger partial charge in [0, 0.05) is 24.5 Å². The molecule has 0 aliphatic heterocycles. The smallest absolute Gasteiger partial charge is 0.126 e. The first-order chi connectivity index (χ1) is 8.02. The van der Waals surface area contributed by atoms with Crippen molar-refractivity contribution < 1.29 is 0 Å². The summed E-state index contributed by atoms with van der Waals surface area (Å²) in [6.07, 6.45) is 0.784. The number of rotatable bonds is 8. The molecule has 17 heavy (non-hydrogen) atoms. The monoisotopic (exact) mass is 240 g/mol. The minimum atomic E-state index is -0.362. The van der Waals surface area contributed by atoms with Crippen LogP contribution in [0.1, 0.15) is 34.1 Å². The van der Waals surface area contributed by atoms with Gasteiger partial charge in [0.15, 0.2) is 0 Å². The first-order valence-electron chi connectivity index (χ1n) is 5.69. The molecule has 0 saturated carbocycles. The van der Waals surface area contributed by atoms with E-state index in [9.17, 15) is 9.81 Å². The van der Waals surface area contributed by atoms with Crippen molar-refractivity contribution in [2.75, 3.05) is 13.1 Å². The lowest BCUT2D eigenvalue weighted by molar-refractivity contribution is 0.823. The quantitative estimate of drug-likeness (QED) is 0.371. The van der Waals surface area contributed by atoms with E-state index >= 15 is 0 Å². The molecular weight excluding hydrogens is 220 g/mol. The van der Waals surface area contributed by atoms with Crippen molar-refractivity contribution in [1.29, 1.82) is 0 Å². The van der Waals surface area contributed by atoms with Gasteiger partial charge in [-0.15, -0.1) is 0 Å². The summed E-state index contributed by atoms with van der Waals surface area (Å²) in [5.74, 6) is 0.